The van der Waals surface area contributed by atoms with Crippen LogP contribution in [0.25, 0.3) is 21.7 Å². The van der Waals surface area contributed by atoms with Gasteiger partial charge in [-0.05, 0) is 62.9 Å². The Morgan fingerprint density at radius 1 is 1.08 bits per heavy atom. The van der Waals surface area contributed by atoms with Crippen LogP contribution in [0.3, 0.4) is 0 Å². The third-order valence-corrected chi connectivity index (χ3v) is 8.34. The molecule has 2 fully saturated rings. The van der Waals surface area contributed by atoms with E-state index in [0.29, 0.717) is 30.2 Å². The van der Waals surface area contributed by atoms with Crippen molar-refractivity contribution in [2.75, 3.05) is 25.5 Å². The Kier molecular flexibility index (Phi) is 6.22. The molecule has 0 bridgehead atoms. The Morgan fingerprint density at radius 2 is 1.81 bits per heavy atom. The van der Waals surface area contributed by atoms with E-state index in [2.05, 4.69) is 16.4 Å². The van der Waals surface area contributed by atoms with Crippen molar-refractivity contribution in [3.05, 3.63) is 53.3 Å². The molecule has 9 heteroatoms. The topological polar surface area (TPSA) is 102 Å². The Balaban J connectivity index is 1.41. The Hall–Kier alpha value is -3.77. The molecule has 1 N–H and O–H groups in total. The van der Waals surface area contributed by atoms with Crippen LogP contribution in [0, 0.1) is 25.2 Å². The van der Waals surface area contributed by atoms with Gasteiger partial charge >= 0.3 is 6.03 Å². The van der Waals surface area contributed by atoms with E-state index in [9.17, 15) is 14.9 Å². The summed E-state index contributed by atoms with van der Waals surface area (Å²) in [5, 5.41) is 12.9. The van der Waals surface area contributed by atoms with Crippen LogP contribution < -0.4 is 5.32 Å². The highest BCUT2D eigenvalue weighted by Gasteiger charge is 2.45. The zero-order valence-corrected chi connectivity index (χ0v) is 21.5. The van der Waals surface area contributed by atoms with Crippen LogP contribution in [0.2, 0.25) is 0 Å². The van der Waals surface area contributed by atoms with Crippen LogP contribution in [0.4, 0.5) is 9.93 Å². The smallest absolute Gasteiger partial charge is 0.323 e. The van der Waals surface area contributed by atoms with E-state index in [1.165, 1.54) is 11.3 Å². The number of rotatable bonds is 3. The highest BCUT2D eigenvalue weighted by Crippen LogP contribution is 2.41. The summed E-state index contributed by atoms with van der Waals surface area (Å²) < 4.78 is 0. The third kappa shape index (κ3) is 4.44. The van der Waals surface area contributed by atoms with Gasteiger partial charge in [0.25, 0.3) is 0 Å². The van der Waals surface area contributed by atoms with Gasteiger partial charge in [-0.15, -0.1) is 0 Å². The van der Waals surface area contributed by atoms with Gasteiger partial charge in [-0.2, -0.15) is 5.26 Å². The molecule has 2 aliphatic rings. The largest absolute Gasteiger partial charge is 0.340 e. The maximum atomic E-state index is 13.2. The summed E-state index contributed by atoms with van der Waals surface area (Å²) in [4.78, 5) is 39.1. The highest BCUT2D eigenvalue weighted by molar-refractivity contribution is 7.19. The monoisotopic (exact) mass is 500 g/mol. The number of carbonyl (C=O) groups is 2. The molecule has 0 aliphatic carbocycles. The number of benzene rings is 1. The number of nitrogens with one attached hydrogen (secondary N) is 1. The fourth-order valence-electron chi connectivity index (χ4n) is 5.29. The number of nitrogens with zero attached hydrogens (tertiary/aromatic N) is 5. The predicted molar refractivity (Wildman–Crippen MR) is 140 cm³/mol. The summed E-state index contributed by atoms with van der Waals surface area (Å²) >= 11 is 1.42. The fraction of sp³-hybridized carbons (Fsp3) is 0.370. The van der Waals surface area contributed by atoms with E-state index < -0.39 is 0 Å². The second kappa shape index (κ2) is 9.36. The maximum Gasteiger partial charge on any atom is 0.323 e. The minimum absolute atomic E-state index is 0.113. The molecule has 5 rings (SSSR count). The van der Waals surface area contributed by atoms with Crippen molar-refractivity contribution >= 4 is 28.4 Å². The van der Waals surface area contributed by atoms with Gasteiger partial charge in [-0.25, -0.2) is 9.78 Å². The number of carbonyl (C=O) groups excluding carboxylic acids is 2. The van der Waals surface area contributed by atoms with Gasteiger partial charge in [0, 0.05) is 49.0 Å². The number of nitriles is 1. The fourth-order valence-corrected chi connectivity index (χ4v) is 6.25. The lowest BCUT2D eigenvalue weighted by atomic mass is 9.85. The first kappa shape index (κ1) is 23.9. The molecule has 0 saturated carbocycles. The minimum atomic E-state index is -0.184. The molecule has 8 nitrogen and oxygen atoms in total. The van der Waals surface area contributed by atoms with Crippen LogP contribution >= 0.6 is 11.3 Å². The van der Waals surface area contributed by atoms with Crippen molar-refractivity contribution < 1.29 is 9.59 Å². The molecule has 1 spiro atoms. The zero-order valence-electron chi connectivity index (χ0n) is 20.7. The number of piperidine rings is 1. The van der Waals surface area contributed by atoms with Crippen molar-refractivity contribution in [2.45, 2.75) is 45.1 Å². The molecule has 3 amide bonds. The standard InChI is InChI=1S/C27H28N6O2S/c1-17-13-21(14-18(2)29-17)24-23(20-6-4-5-19(15-20)16-28)30-25(36-24)31-26(35)33-11-9-27(10-12-33)8-7-22(34)32(27)3/h4-6,13-15H,7-12H2,1-3H3,(H,30,31,35). The van der Waals surface area contributed by atoms with Gasteiger partial charge in [0.1, 0.15) is 0 Å². The number of amides is 3. The molecular formula is C27H28N6O2S. The average Bonchev–Trinajstić information content (AvgIpc) is 3.41. The van der Waals surface area contributed by atoms with Gasteiger partial charge in [0.2, 0.25) is 5.91 Å². The van der Waals surface area contributed by atoms with Crippen LogP contribution in [-0.4, -0.2) is 57.4 Å². The number of anilines is 1. The Bertz CT molecular complexity index is 1360. The average molecular weight is 501 g/mol. The molecule has 1 aromatic carbocycles. The van der Waals surface area contributed by atoms with Crippen LogP contribution in [0.5, 0.6) is 0 Å². The zero-order chi connectivity index (χ0) is 25.4. The summed E-state index contributed by atoms with van der Waals surface area (Å²) in [6.45, 7) is 5.10. The van der Waals surface area contributed by atoms with Crippen molar-refractivity contribution in [1.29, 1.82) is 5.26 Å². The summed E-state index contributed by atoms with van der Waals surface area (Å²) in [7, 11) is 1.88. The first-order valence-electron chi connectivity index (χ1n) is 12.1. The number of hydrogen-bond donors (Lipinski definition) is 1. The van der Waals surface area contributed by atoms with Crippen molar-refractivity contribution in [3.8, 4) is 27.8 Å². The molecule has 4 heterocycles. The van der Waals surface area contributed by atoms with Gasteiger partial charge in [-0.1, -0.05) is 23.5 Å². The Labute approximate surface area is 214 Å². The lowest BCUT2D eigenvalue weighted by Gasteiger charge is -2.43. The number of pyridine rings is 1. The number of thiazole rings is 1. The van der Waals surface area contributed by atoms with E-state index in [1.54, 1.807) is 11.0 Å². The summed E-state index contributed by atoms with van der Waals surface area (Å²) in [5.74, 6) is 0.192. The van der Waals surface area contributed by atoms with Crippen LogP contribution in [0.1, 0.15) is 42.6 Å². The molecule has 2 aliphatic heterocycles. The van der Waals surface area contributed by atoms with Crippen molar-refractivity contribution in [3.63, 3.8) is 0 Å². The normalized spacial score (nSPS) is 16.9. The molecular weight excluding hydrogens is 472 g/mol. The highest BCUT2D eigenvalue weighted by atomic mass is 32.1. The Morgan fingerprint density at radius 3 is 2.44 bits per heavy atom. The van der Waals surface area contributed by atoms with Gasteiger partial charge < -0.3 is 9.80 Å². The molecule has 36 heavy (non-hydrogen) atoms. The van der Waals surface area contributed by atoms with E-state index >= 15 is 0 Å². The first-order valence-corrected chi connectivity index (χ1v) is 12.9. The number of hydrogen-bond acceptors (Lipinski definition) is 6. The molecule has 3 aromatic rings. The van der Waals surface area contributed by atoms with Crippen LogP contribution in [0.15, 0.2) is 36.4 Å². The quantitative estimate of drug-likeness (QED) is 0.546. The van der Waals surface area contributed by atoms with Crippen molar-refractivity contribution in [2.24, 2.45) is 0 Å². The number of aromatic nitrogens is 2. The van der Waals surface area contributed by atoms with Gasteiger partial charge in [0.05, 0.1) is 22.2 Å². The lowest BCUT2D eigenvalue weighted by Crippen LogP contribution is -2.53. The van der Waals surface area contributed by atoms with E-state index in [1.807, 2.05) is 56.1 Å². The van der Waals surface area contributed by atoms with Crippen LogP contribution in [-0.2, 0) is 4.79 Å². The van der Waals surface area contributed by atoms with E-state index in [0.717, 1.165) is 52.3 Å². The molecule has 2 aromatic heterocycles. The number of aryl methyl sites for hydroxylation is 2. The predicted octanol–water partition coefficient (Wildman–Crippen LogP) is 4.98. The number of likely N-dealkylation sites (tertiary alicyclic amines) is 2. The summed E-state index contributed by atoms with van der Waals surface area (Å²) in [6, 6.07) is 13.4. The number of urea groups is 1. The minimum Gasteiger partial charge on any atom is -0.340 e. The first-order chi connectivity index (χ1) is 17.3. The second-order valence-corrected chi connectivity index (χ2v) is 10.6. The molecule has 2 saturated heterocycles. The van der Waals surface area contributed by atoms with E-state index in [4.69, 9.17) is 4.98 Å². The molecule has 0 radical (unpaired) electrons. The van der Waals surface area contributed by atoms with Crippen molar-refractivity contribution in [1.82, 2.24) is 19.8 Å². The summed E-state index contributed by atoms with van der Waals surface area (Å²) in [5.41, 5.74) is 4.76. The SMILES string of the molecule is Cc1cc(-c2sc(NC(=O)N3CCC4(CCC(=O)N4C)CC3)nc2-c2cccc(C#N)c2)cc(C)n1. The molecule has 0 unspecified atom stereocenters. The summed E-state index contributed by atoms with van der Waals surface area (Å²) in [6.07, 6.45) is 3.03. The van der Waals surface area contributed by atoms with Gasteiger partial charge in [0.15, 0.2) is 5.13 Å². The van der Waals surface area contributed by atoms with Gasteiger partial charge in [-0.3, -0.25) is 15.1 Å². The second-order valence-electron chi connectivity index (χ2n) is 9.62. The van der Waals surface area contributed by atoms with E-state index in [-0.39, 0.29) is 17.5 Å². The molecule has 0 atom stereocenters. The maximum absolute atomic E-state index is 13.2. The molecule has 184 valence electrons. The lowest BCUT2D eigenvalue weighted by molar-refractivity contribution is -0.130. The third-order valence-electron chi connectivity index (χ3n) is 7.32.